The molecule has 0 aromatic carbocycles. The van der Waals surface area contributed by atoms with Crippen LogP contribution in [0.2, 0.25) is 0 Å². The molecule has 0 aromatic rings. The molecule has 0 aliphatic carbocycles. The second kappa shape index (κ2) is 7.86. The molecule has 1 rings (SSSR count). The highest BCUT2D eigenvalue weighted by molar-refractivity contribution is 9.09. The van der Waals surface area contributed by atoms with E-state index in [0.717, 1.165) is 37.8 Å². The molecule has 0 saturated carbocycles. The van der Waals surface area contributed by atoms with Gasteiger partial charge in [-0.05, 0) is 12.8 Å². The van der Waals surface area contributed by atoms with Crippen molar-refractivity contribution in [1.29, 1.82) is 0 Å². The van der Waals surface area contributed by atoms with Crippen molar-refractivity contribution < 1.29 is 9.47 Å². The summed E-state index contributed by atoms with van der Waals surface area (Å²) >= 11 is 3.50. The lowest BCUT2D eigenvalue weighted by Gasteiger charge is -2.43. The fourth-order valence-corrected chi connectivity index (χ4v) is 2.59. The van der Waals surface area contributed by atoms with Gasteiger partial charge >= 0.3 is 0 Å². The summed E-state index contributed by atoms with van der Waals surface area (Å²) < 4.78 is 12.2. The van der Waals surface area contributed by atoms with E-state index in [4.69, 9.17) is 9.47 Å². The molecule has 0 N–H and O–H groups in total. The molecular formula is C15H29BrO2. The molecule has 0 unspecified atom stereocenters. The van der Waals surface area contributed by atoms with Crippen molar-refractivity contribution in [1.82, 2.24) is 0 Å². The van der Waals surface area contributed by atoms with Gasteiger partial charge in [-0.1, -0.05) is 56.0 Å². The second-order valence-electron chi connectivity index (χ2n) is 6.26. The van der Waals surface area contributed by atoms with E-state index in [1.807, 2.05) is 0 Å². The van der Waals surface area contributed by atoms with E-state index in [9.17, 15) is 0 Å². The Morgan fingerprint density at radius 2 is 1.56 bits per heavy atom. The van der Waals surface area contributed by atoms with Crippen LogP contribution in [0.4, 0.5) is 0 Å². The first kappa shape index (κ1) is 16.5. The van der Waals surface area contributed by atoms with Gasteiger partial charge in [-0.3, -0.25) is 0 Å². The smallest absolute Gasteiger partial charge is 0.168 e. The predicted octanol–water partition coefficient (Wildman–Crippen LogP) is 4.90. The molecule has 1 fully saturated rings. The van der Waals surface area contributed by atoms with Gasteiger partial charge in [0.15, 0.2) is 5.79 Å². The summed E-state index contributed by atoms with van der Waals surface area (Å²) in [6, 6.07) is 0. The molecule has 0 radical (unpaired) electrons. The Morgan fingerprint density at radius 1 is 0.944 bits per heavy atom. The Bertz CT molecular complexity index is 219. The lowest BCUT2D eigenvalue weighted by molar-refractivity contribution is -0.304. The van der Waals surface area contributed by atoms with E-state index < -0.39 is 0 Å². The zero-order valence-corrected chi connectivity index (χ0v) is 13.9. The van der Waals surface area contributed by atoms with Gasteiger partial charge in [0.05, 0.1) is 13.2 Å². The number of rotatable bonds is 8. The summed E-state index contributed by atoms with van der Waals surface area (Å²) in [5.41, 5.74) is 0.168. The van der Waals surface area contributed by atoms with Crippen LogP contribution < -0.4 is 0 Å². The van der Waals surface area contributed by atoms with Crippen LogP contribution in [0.5, 0.6) is 0 Å². The minimum Gasteiger partial charge on any atom is -0.349 e. The first-order valence-electron chi connectivity index (χ1n) is 7.37. The van der Waals surface area contributed by atoms with Gasteiger partial charge in [0.2, 0.25) is 0 Å². The first-order chi connectivity index (χ1) is 8.54. The number of alkyl halides is 1. The highest BCUT2D eigenvalue weighted by atomic mass is 79.9. The Kier molecular flexibility index (Phi) is 7.19. The maximum Gasteiger partial charge on any atom is 0.168 e. The Balaban J connectivity index is 2.43. The highest BCUT2D eigenvalue weighted by Crippen LogP contribution is 2.36. The van der Waals surface area contributed by atoms with Gasteiger partial charge in [-0.25, -0.2) is 0 Å². The zero-order valence-electron chi connectivity index (χ0n) is 12.3. The molecule has 3 heteroatoms. The predicted molar refractivity (Wildman–Crippen MR) is 80.2 cm³/mol. The third kappa shape index (κ3) is 5.58. The van der Waals surface area contributed by atoms with Crippen LogP contribution in [0.15, 0.2) is 0 Å². The summed E-state index contributed by atoms with van der Waals surface area (Å²) in [4.78, 5) is 0. The maximum absolute atomic E-state index is 6.12. The molecule has 1 heterocycles. The zero-order chi connectivity index (χ0) is 13.5. The van der Waals surface area contributed by atoms with E-state index in [0.29, 0.717) is 0 Å². The van der Waals surface area contributed by atoms with E-state index in [2.05, 4.69) is 36.7 Å². The maximum atomic E-state index is 6.12. The fraction of sp³-hybridized carbons (Fsp3) is 1.00. The van der Waals surface area contributed by atoms with E-state index in [-0.39, 0.29) is 11.2 Å². The van der Waals surface area contributed by atoms with Gasteiger partial charge < -0.3 is 9.47 Å². The van der Waals surface area contributed by atoms with Crippen LogP contribution in [0.3, 0.4) is 0 Å². The molecule has 0 bridgehead atoms. The van der Waals surface area contributed by atoms with Crippen LogP contribution in [0, 0.1) is 5.41 Å². The largest absolute Gasteiger partial charge is 0.349 e. The first-order valence-corrected chi connectivity index (χ1v) is 8.50. The van der Waals surface area contributed by atoms with Gasteiger partial charge in [0.25, 0.3) is 0 Å². The van der Waals surface area contributed by atoms with Crippen LogP contribution >= 0.6 is 15.9 Å². The summed E-state index contributed by atoms with van der Waals surface area (Å²) in [6.07, 6.45) is 8.30. The van der Waals surface area contributed by atoms with Crippen molar-refractivity contribution >= 4 is 15.9 Å². The van der Waals surface area contributed by atoms with Gasteiger partial charge in [-0.15, -0.1) is 0 Å². The Labute approximate surface area is 121 Å². The number of unbranched alkanes of at least 4 members (excludes halogenated alkanes) is 3. The molecule has 1 aliphatic heterocycles. The molecule has 108 valence electrons. The summed E-state index contributed by atoms with van der Waals surface area (Å²) in [5, 5.41) is 1.03. The fourth-order valence-electron chi connectivity index (χ4n) is 2.31. The monoisotopic (exact) mass is 320 g/mol. The molecule has 0 atom stereocenters. The van der Waals surface area contributed by atoms with Crippen LogP contribution in [-0.4, -0.2) is 24.3 Å². The molecule has 2 nitrogen and oxygen atoms in total. The van der Waals surface area contributed by atoms with Crippen molar-refractivity contribution in [2.24, 2.45) is 5.41 Å². The van der Waals surface area contributed by atoms with Crippen molar-refractivity contribution in [3.63, 3.8) is 0 Å². The average Bonchev–Trinajstić information content (AvgIpc) is 2.35. The van der Waals surface area contributed by atoms with Gasteiger partial charge in [0, 0.05) is 23.6 Å². The SMILES string of the molecule is CCCCCCC1(CCCBr)OCC(C)(C)CO1. The molecule has 1 saturated heterocycles. The molecular weight excluding hydrogens is 292 g/mol. The topological polar surface area (TPSA) is 18.5 Å². The summed E-state index contributed by atoms with van der Waals surface area (Å²) in [6.45, 7) is 8.31. The van der Waals surface area contributed by atoms with E-state index in [1.165, 1.54) is 25.7 Å². The van der Waals surface area contributed by atoms with Crippen LogP contribution in [0.25, 0.3) is 0 Å². The van der Waals surface area contributed by atoms with Gasteiger partial charge in [0.1, 0.15) is 0 Å². The Morgan fingerprint density at radius 3 is 2.11 bits per heavy atom. The number of hydrogen-bond acceptors (Lipinski definition) is 2. The van der Waals surface area contributed by atoms with Crippen molar-refractivity contribution in [2.75, 3.05) is 18.5 Å². The minimum atomic E-state index is -0.295. The third-order valence-electron chi connectivity index (χ3n) is 3.55. The number of ether oxygens (including phenoxy) is 2. The van der Waals surface area contributed by atoms with Crippen LogP contribution in [0.1, 0.15) is 65.7 Å². The van der Waals surface area contributed by atoms with Crippen molar-refractivity contribution in [3.05, 3.63) is 0 Å². The average molecular weight is 321 g/mol. The number of halogens is 1. The standard InChI is InChI=1S/C15H29BrO2/c1-4-5-6-7-9-15(10-8-11-16)17-12-14(2,3)13-18-15/h4-13H2,1-3H3. The normalized spacial score (nSPS) is 22.0. The van der Waals surface area contributed by atoms with Crippen molar-refractivity contribution in [3.8, 4) is 0 Å². The second-order valence-corrected chi connectivity index (χ2v) is 7.05. The van der Waals surface area contributed by atoms with Crippen LogP contribution in [-0.2, 0) is 9.47 Å². The molecule has 18 heavy (non-hydrogen) atoms. The molecule has 0 aromatic heterocycles. The quantitative estimate of drug-likeness (QED) is 0.467. The Hall–Kier alpha value is 0.400. The summed E-state index contributed by atoms with van der Waals surface area (Å²) in [7, 11) is 0. The van der Waals surface area contributed by atoms with E-state index >= 15 is 0 Å². The molecule has 1 aliphatic rings. The lowest BCUT2D eigenvalue weighted by atomic mass is 9.92. The third-order valence-corrected chi connectivity index (χ3v) is 4.12. The molecule has 0 spiro atoms. The van der Waals surface area contributed by atoms with E-state index in [1.54, 1.807) is 0 Å². The lowest BCUT2D eigenvalue weighted by Crippen LogP contribution is -2.47. The highest BCUT2D eigenvalue weighted by Gasteiger charge is 2.39. The minimum absolute atomic E-state index is 0.168. The summed E-state index contributed by atoms with van der Waals surface area (Å²) in [5.74, 6) is -0.295. The molecule has 0 amide bonds. The van der Waals surface area contributed by atoms with Crippen molar-refractivity contribution in [2.45, 2.75) is 71.5 Å². The number of hydrogen-bond donors (Lipinski definition) is 0. The van der Waals surface area contributed by atoms with Gasteiger partial charge in [-0.2, -0.15) is 0 Å².